The van der Waals surface area contributed by atoms with Crippen LogP contribution < -0.4 is 14.2 Å². The Balaban J connectivity index is 1.49. The minimum absolute atomic E-state index is 0.435. The zero-order valence-electron chi connectivity index (χ0n) is 18.5. The summed E-state index contributed by atoms with van der Waals surface area (Å²) >= 11 is 0. The van der Waals surface area contributed by atoms with Gasteiger partial charge in [0.1, 0.15) is 17.2 Å². The molecule has 3 aromatic rings. The topological polar surface area (TPSA) is 69.5 Å². The third-order valence-electron chi connectivity index (χ3n) is 4.76. The van der Waals surface area contributed by atoms with Crippen molar-refractivity contribution >= 4 is 17.3 Å². The van der Waals surface area contributed by atoms with Gasteiger partial charge < -0.3 is 14.2 Å². The Kier molecular flexibility index (Phi) is 8.80. The third-order valence-corrected chi connectivity index (χ3v) is 4.76. The van der Waals surface area contributed by atoms with Crippen molar-refractivity contribution in [2.24, 2.45) is 10.2 Å². The number of azo groups is 1. The summed E-state index contributed by atoms with van der Waals surface area (Å²) in [4.78, 5) is 12.2. The van der Waals surface area contributed by atoms with Gasteiger partial charge in [0.25, 0.3) is 0 Å². The Bertz CT molecular complexity index is 998. The zero-order chi connectivity index (χ0) is 22.6. The van der Waals surface area contributed by atoms with Gasteiger partial charge in [0.05, 0.1) is 30.7 Å². The van der Waals surface area contributed by atoms with Crippen molar-refractivity contribution in [3.05, 3.63) is 78.4 Å². The van der Waals surface area contributed by atoms with Crippen molar-refractivity contribution in [2.75, 3.05) is 13.7 Å². The molecule has 32 heavy (non-hydrogen) atoms. The number of methoxy groups -OCH3 is 1. The number of hydrogen-bond donors (Lipinski definition) is 0. The summed E-state index contributed by atoms with van der Waals surface area (Å²) in [6.45, 7) is 2.93. The number of hydrogen-bond acceptors (Lipinski definition) is 6. The number of unbranched alkanes of at least 4 members (excludes halogenated alkanes) is 3. The number of benzene rings is 3. The lowest BCUT2D eigenvalue weighted by atomic mass is 10.2. The van der Waals surface area contributed by atoms with E-state index in [0.717, 1.165) is 24.5 Å². The highest BCUT2D eigenvalue weighted by atomic mass is 16.5. The average Bonchev–Trinajstić information content (AvgIpc) is 2.84. The summed E-state index contributed by atoms with van der Waals surface area (Å²) in [6.07, 6.45) is 4.73. The highest BCUT2D eigenvalue weighted by Gasteiger charge is 2.08. The fraction of sp³-hybridized carbons (Fsp3) is 0.269. The van der Waals surface area contributed by atoms with Gasteiger partial charge in [-0.3, -0.25) is 0 Å². The van der Waals surface area contributed by atoms with Gasteiger partial charge in [0, 0.05) is 0 Å². The minimum atomic E-state index is -0.435. The normalized spacial score (nSPS) is 10.8. The van der Waals surface area contributed by atoms with Crippen LogP contribution in [0.1, 0.15) is 43.0 Å². The maximum Gasteiger partial charge on any atom is 0.343 e. The Morgan fingerprint density at radius 3 is 1.84 bits per heavy atom. The van der Waals surface area contributed by atoms with Crippen molar-refractivity contribution in [1.82, 2.24) is 0 Å². The Labute approximate surface area is 188 Å². The van der Waals surface area contributed by atoms with Crippen LogP contribution in [0.2, 0.25) is 0 Å². The van der Waals surface area contributed by atoms with Gasteiger partial charge in [0.15, 0.2) is 0 Å². The standard InChI is InChI=1S/C26H28N2O4/c1-3-4-5-6-19-31-24-15-9-21(10-16-24)27-28-22-11-17-25(18-12-22)32-26(29)20-7-13-23(30-2)14-8-20/h7-18H,3-6,19H2,1-2H3. The van der Waals surface area contributed by atoms with E-state index in [1.807, 2.05) is 24.3 Å². The molecule has 0 atom stereocenters. The van der Waals surface area contributed by atoms with E-state index < -0.39 is 5.97 Å². The highest BCUT2D eigenvalue weighted by molar-refractivity contribution is 5.91. The lowest BCUT2D eigenvalue weighted by molar-refractivity contribution is 0.0734. The van der Waals surface area contributed by atoms with Gasteiger partial charge >= 0.3 is 5.97 Å². The summed E-state index contributed by atoms with van der Waals surface area (Å²) in [5.74, 6) is 1.52. The molecule has 0 unspecified atom stereocenters. The van der Waals surface area contributed by atoms with Crippen molar-refractivity contribution in [3.63, 3.8) is 0 Å². The molecule has 0 heterocycles. The minimum Gasteiger partial charge on any atom is -0.497 e. The van der Waals surface area contributed by atoms with E-state index in [9.17, 15) is 4.79 Å². The van der Waals surface area contributed by atoms with Crippen LogP contribution in [0.15, 0.2) is 83.0 Å². The molecule has 6 nitrogen and oxygen atoms in total. The lowest BCUT2D eigenvalue weighted by Gasteiger charge is -2.06. The number of carbonyl (C=O) groups is 1. The van der Waals surface area contributed by atoms with Crippen molar-refractivity contribution in [1.29, 1.82) is 0 Å². The molecule has 0 aromatic heterocycles. The summed E-state index contributed by atoms with van der Waals surface area (Å²) in [5.41, 5.74) is 1.84. The maximum atomic E-state index is 12.2. The van der Waals surface area contributed by atoms with Crippen LogP contribution in [0.3, 0.4) is 0 Å². The fourth-order valence-electron chi connectivity index (χ4n) is 2.92. The molecule has 6 heteroatoms. The third kappa shape index (κ3) is 7.23. The van der Waals surface area contributed by atoms with Gasteiger partial charge in [-0.1, -0.05) is 26.2 Å². The largest absolute Gasteiger partial charge is 0.497 e. The first-order chi connectivity index (χ1) is 15.7. The molecular formula is C26H28N2O4. The van der Waals surface area contributed by atoms with Gasteiger partial charge in [0.2, 0.25) is 0 Å². The molecule has 0 aliphatic heterocycles. The molecular weight excluding hydrogens is 404 g/mol. The van der Waals surface area contributed by atoms with Crippen LogP contribution in [-0.2, 0) is 0 Å². The molecule has 0 amide bonds. The molecule has 0 radical (unpaired) electrons. The van der Waals surface area contributed by atoms with Gasteiger partial charge in [-0.2, -0.15) is 10.2 Å². The number of nitrogens with zero attached hydrogens (tertiary/aromatic N) is 2. The Hall–Kier alpha value is -3.67. The van der Waals surface area contributed by atoms with E-state index in [1.165, 1.54) is 19.3 Å². The van der Waals surface area contributed by atoms with E-state index >= 15 is 0 Å². The quantitative estimate of drug-likeness (QED) is 0.138. The molecule has 0 bridgehead atoms. The first-order valence-corrected chi connectivity index (χ1v) is 10.8. The predicted molar refractivity (Wildman–Crippen MR) is 125 cm³/mol. The molecule has 0 fully saturated rings. The molecule has 0 aliphatic carbocycles. The van der Waals surface area contributed by atoms with Crippen LogP contribution >= 0.6 is 0 Å². The monoisotopic (exact) mass is 432 g/mol. The second-order valence-corrected chi connectivity index (χ2v) is 7.21. The summed E-state index contributed by atoms with van der Waals surface area (Å²) in [6, 6.07) is 21.1. The van der Waals surface area contributed by atoms with Gasteiger partial charge in [-0.05, 0) is 79.2 Å². The first kappa shape index (κ1) is 23.0. The van der Waals surface area contributed by atoms with Crippen molar-refractivity contribution in [3.8, 4) is 17.2 Å². The molecule has 0 N–H and O–H groups in total. The van der Waals surface area contributed by atoms with Gasteiger partial charge in [-0.15, -0.1) is 0 Å². The summed E-state index contributed by atoms with van der Waals surface area (Å²) in [7, 11) is 1.58. The van der Waals surface area contributed by atoms with E-state index in [2.05, 4.69) is 17.2 Å². The van der Waals surface area contributed by atoms with Crippen molar-refractivity contribution in [2.45, 2.75) is 32.6 Å². The smallest absolute Gasteiger partial charge is 0.343 e. The molecule has 0 saturated carbocycles. The molecule has 0 saturated heterocycles. The predicted octanol–water partition coefficient (Wildman–Crippen LogP) is 7.29. The second kappa shape index (κ2) is 12.2. The number of esters is 1. The Morgan fingerprint density at radius 2 is 1.28 bits per heavy atom. The highest BCUT2D eigenvalue weighted by Crippen LogP contribution is 2.24. The molecule has 3 rings (SSSR count). The van der Waals surface area contributed by atoms with Crippen molar-refractivity contribution < 1.29 is 19.0 Å². The summed E-state index contributed by atoms with van der Waals surface area (Å²) < 4.78 is 16.2. The summed E-state index contributed by atoms with van der Waals surface area (Å²) in [5, 5.41) is 8.47. The lowest BCUT2D eigenvalue weighted by Crippen LogP contribution is -2.08. The molecule has 3 aromatic carbocycles. The first-order valence-electron chi connectivity index (χ1n) is 10.8. The number of rotatable bonds is 11. The number of ether oxygens (including phenoxy) is 3. The van der Waals surface area contributed by atoms with Crippen LogP contribution in [0.4, 0.5) is 11.4 Å². The van der Waals surface area contributed by atoms with Crippen LogP contribution in [0, 0.1) is 0 Å². The van der Waals surface area contributed by atoms with Gasteiger partial charge in [-0.25, -0.2) is 4.79 Å². The number of carbonyl (C=O) groups excluding carboxylic acids is 1. The maximum absolute atomic E-state index is 12.2. The fourth-order valence-corrected chi connectivity index (χ4v) is 2.92. The zero-order valence-corrected chi connectivity index (χ0v) is 18.5. The van der Waals surface area contributed by atoms with E-state index in [-0.39, 0.29) is 0 Å². The Morgan fingerprint density at radius 1 is 0.719 bits per heavy atom. The average molecular weight is 433 g/mol. The molecule has 0 aliphatic rings. The molecule has 0 spiro atoms. The van der Waals surface area contributed by atoms with Crippen LogP contribution in [0.25, 0.3) is 0 Å². The molecule has 166 valence electrons. The SMILES string of the molecule is CCCCCCOc1ccc(N=Nc2ccc(OC(=O)c3ccc(OC)cc3)cc2)cc1. The van der Waals surface area contributed by atoms with Crippen LogP contribution in [0.5, 0.6) is 17.2 Å². The van der Waals surface area contributed by atoms with E-state index in [4.69, 9.17) is 14.2 Å². The van der Waals surface area contributed by atoms with E-state index in [1.54, 1.807) is 55.6 Å². The van der Waals surface area contributed by atoms with Crippen LogP contribution in [-0.4, -0.2) is 19.7 Å². The second-order valence-electron chi connectivity index (χ2n) is 7.21. The van der Waals surface area contributed by atoms with E-state index in [0.29, 0.717) is 22.7 Å².